The minimum absolute atomic E-state index is 0.154. The third-order valence-electron chi connectivity index (χ3n) is 2.69. The minimum atomic E-state index is -3.27. The normalized spacial score (nSPS) is 11.1. The topological polar surface area (TPSA) is 102 Å². The fourth-order valence-electron chi connectivity index (χ4n) is 1.62. The first-order chi connectivity index (χ1) is 9.77. The van der Waals surface area contributed by atoms with Crippen LogP contribution in [-0.4, -0.2) is 25.6 Å². The van der Waals surface area contributed by atoms with E-state index < -0.39 is 15.7 Å². The first-order valence-corrected chi connectivity index (χ1v) is 8.07. The van der Waals surface area contributed by atoms with Crippen molar-refractivity contribution in [2.45, 2.75) is 4.90 Å². The molecule has 1 aromatic carbocycles. The zero-order valence-corrected chi connectivity index (χ0v) is 12.6. The van der Waals surface area contributed by atoms with Gasteiger partial charge in [0.05, 0.1) is 22.3 Å². The summed E-state index contributed by atoms with van der Waals surface area (Å²) < 4.78 is 22.7. The number of pyridine rings is 1. The number of nitrogen functional groups attached to an aromatic ring is 1. The third kappa shape index (κ3) is 3.71. The fourth-order valence-corrected chi connectivity index (χ4v) is 2.41. The van der Waals surface area contributed by atoms with E-state index in [2.05, 4.69) is 10.3 Å². The molecule has 2 rings (SSSR count). The summed E-state index contributed by atoms with van der Waals surface area (Å²) in [6.45, 7) is 0. The Morgan fingerprint density at radius 2 is 1.90 bits per heavy atom. The maximum absolute atomic E-state index is 12.1. The van der Waals surface area contributed by atoms with E-state index in [1.54, 1.807) is 0 Å². The molecular weight excluding hydrogens is 314 g/mol. The number of halogens is 1. The maximum atomic E-state index is 12.1. The molecule has 3 N–H and O–H groups in total. The molecule has 1 amide bonds. The lowest BCUT2D eigenvalue weighted by atomic mass is 10.2. The Labute approximate surface area is 126 Å². The molecule has 0 aliphatic heterocycles. The van der Waals surface area contributed by atoms with E-state index in [0.29, 0.717) is 5.69 Å². The SMILES string of the molecule is CS(=O)(=O)c1ccc(NC(=O)c2cc(Cl)ncc2N)cc1. The van der Waals surface area contributed by atoms with E-state index in [1.165, 1.54) is 36.5 Å². The number of nitrogens with zero attached hydrogens (tertiary/aromatic N) is 1. The second-order valence-corrected chi connectivity index (χ2v) is 6.75. The molecule has 0 fully saturated rings. The van der Waals surface area contributed by atoms with Crippen LogP contribution in [0.5, 0.6) is 0 Å². The Balaban J connectivity index is 2.22. The molecule has 110 valence electrons. The molecule has 1 aromatic heterocycles. The molecule has 0 unspecified atom stereocenters. The highest BCUT2D eigenvalue weighted by Gasteiger charge is 2.12. The molecule has 1 heterocycles. The lowest BCUT2D eigenvalue weighted by Crippen LogP contribution is -2.14. The lowest BCUT2D eigenvalue weighted by Gasteiger charge is -2.08. The molecule has 0 radical (unpaired) electrons. The van der Waals surface area contributed by atoms with Gasteiger partial charge in [-0.25, -0.2) is 13.4 Å². The molecule has 6 nitrogen and oxygen atoms in total. The summed E-state index contributed by atoms with van der Waals surface area (Å²) in [7, 11) is -3.27. The zero-order valence-electron chi connectivity index (χ0n) is 11.0. The van der Waals surface area contributed by atoms with Crippen LogP contribution in [-0.2, 0) is 9.84 Å². The maximum Gasteiger partial charge on any atom is 0.257 e. The highest BCUT2D eigenvalue weighted by molar-refractivity contribution is 7.90. The molecule has 0 aliphatic rings. The number of rotatable bonds is 3. The number of benzene rings is 1. The highest BCUT2D eigenvalue weighted by atomic mass is 35.5. The van der Waals surface area contributed by atoms with Crippen LogP contribution in [0.3, 0.4) is 0 Å². The zero-order chi connectivity index (χ0) is 15.6. The summed E-state index contributed by atoms with van der Waals surface area (Å²) >= 11 is 5.72. The number of carbonyl (C=O) groups excluding carboxylic acids is 1. The standard InChI is InChI=1S/C13H12ClN3O3S/c1-21(19,20)9-4-2-8(3-5-9)17-13(18)10-6-12(14)16-7-11(10)15/h2-7H,15H2,1H3,(H,17,18). The van der Waals surface area contributed by atoms with Crippen molar-refractivity contribution in [3.05, 3.63) is 47.2 Å². The summed E-state index contributed by atoms with van der Waals surface area (Å²) in [6, 6.07) is 7.17. The van der Waals surface area contributed by atoms with Crippen LogP contribution in [0.15, 0.2) is 41.4 Å². The number of carbonyl (C=O) groups is 1. The highest BCUT2D eigenvalue weighted by Crippen LogP contribution is 2.18. The van der Waals surface area contributed by atoms with Crippen LogP contribution in [0.4, 0.5) is 11.4 Å². The Kier molecular flexibility index (Phi) is 4.15. The van der Waals surface area contributed by atoms with Gasteiger partial charge in [0.1, 0.15) is 5.15 Å². The molecule has 0 saturated carbocycles. The number of sulfone groups is 1. The van der Waals surface area contributed by atoms with Crippen molar-refractivity contribution in [1.82, 2.24) is 4.98 Å². The average Bonchev–Trinajstić information content (AvgIpc) is 2.41. The molecular formula is C13H12ClN3O3S. The van der Waals surface area contributed by atoms with Crippen LogP contribution >= 0.6 is 11.6 Å². The van der Waals surface area contributed by atoms with Crippen molar-refractivity contribution >= 4 is 38.7 Å². The van der Waals surface area contributed by atoms with Crippen LogP contribution in [0.2, 0.25) is 5.15 Å². The van der Waals surface area contributed by atoms with E-state index in [-0.39, 0.29) is 21.3 Å². The number of nitrogens with two attached hydrogens (primary N) is 1. The van der Waals surface area contributed by atoms with Gasteiger partial charge < -0.3 is 11.1 Å². The van der Waals surface area contributed by atoms with Gasteiger partial charge in [-0.3, -0.25) is 4.79 Å². The van der Waals surface area contributed by atoms with Crippen LogP contribution in [0.25, 0.3) is 0 Å². The third-order valence-corrected chi connectivity index (χ3v) is 4.02. The van der Waals surface area contributed by atoms with Gasteiger partial charge in [-0.1, -0.05) is 11.6 Å². The van der Waals surface area contributed by atoms with E-state index >= 15 is 0 Å². The Morgan fingerprint density at radius 1 is 1.29 bits per heavy atom. The van der Waals surface area contributed by atoms with E-state index in [9.17, 15) is 13.2 Å². The number of hydrogen-bond donors (Lipinski definition) is 2. The van der Waals surface area contributed by atoms with Crippen LogP contribution in [0, 0.1) is 0 Å². The summed E-state index contributed by atoms with van der Waals surface area (Å²) in [5, 5.41) is 2.76. The lowest BCUT2D eigenvalue weighted by molar-refractivity contribution is 0.102. The van der Waals surface area contributed by atoms with Gasteiger partial charge in [0.15, 0.2) is 9.84 Å². The molecule has 21 heavy (non-hydrogen) atoms. The van der Waals surface area contributed by atoms with Gasteiger partial charge in [-0.05, 0) is 30.3 Å². The van der Waals surface area contributed by atoms with Gasteiger partial charge >= 0.3 is 0 Å². The molecule has 0 bridgehead atoms. The number of amides is 1. The number of hydrogen-bond acceptors (Lipinski definition) is 5. The molecule has 0 atom stereocenters. The van der Waals surface area contributed by atoms with Crippen molar-refractivity contribution in [2.75, 3.05) is 17.3 Å². The Morgan fingerprint density at radius 3 is 2.48 bits per heavy atom. The predicted molar refractivity (Wildman–Crippen MR) is 81.2 cm³/mol. The van der Waals surface area contributed by atoms with Crippen molar-refractivity contribution < 1.29 is 13.2 Å². The average molecular weight is 326 g/mol. The van der Waals surface area contributed by atoms with Gasteiger partial charge in [0.25, 0.3) is 5.91 Å². The second-order valence-electron chi connectivity index (χ2n) is 4.34. The first kappa shape index (κ1) is 15.3. The molecule has 0 aliphatic carbocycles. The minimum Gasteiger partial charge on any atom is -0.397 e. The second kappa shape index (κ2) is 5.71. The van der Waals surface area contributed by atoms with E-state index in [0.717, 1.165) is 6.26 Å². The molecule has 0 spiro atoms. The number of aromatic nitrogens is 1. The first-order valence-electron chi connectivity index (χ1n) is 5.80. The summed E-state index contributed by atoms with van der Waals surface area (Å²) in [6.07, 6.45) is 2.41. The molecule has 0 saturated heterocycles. The Bertz CT molecular complexity index is 789. The van der Waals surface area contributed by atoms with Crippen molar-refractivity contribution in [3.63, 3.8) is 0 Å². The molecule has 8 heteroatoms. The van der Waals surface area contributed by atoms with Crippen molar-refractivity contribution in [1.29, 1.82) is 0 Å². The molecule has 2 aromatic rings. The van der Waals surface area contributed by atoms with Crippen molar-refractivity contribution in [2.24, 2.45) is 0 Å². The smallest absolute Gasteiger partial charge is 0.257 e. The number of anilines is 2. The number of nitrogens with one attached hydrogen (secondary N) is 1. The fraction of sp³-hybridized carbons (Fsp3) is 0.0769. The quantitative estimate of drug-likeness (QED) is 0.840. The predicted octanol–water partition coefficient (Wildman–Crippen LogP) is 1.97. The summed E-state index contributed by atoms with van der Waals surface area (Å²) in [5.41, 5.74) is 6.50. The van der Waals surface area contributed by atoms with Gasteiger partial charge in [-0.2, -0.15) is 0 Å². The van der Waals surface area contributed by atoms with Gasteiger partial charge in [-0.15, -0.1) is 0 Å². The van der Waals surface area contributed by atoms with Crippen LogP contribution in [0.1, 0.15) is 10.4 Å². The Hall–Kier alpha value is -2.12. The van der Waals surface area contributed by atoms with E-state index in [4.69, 9.17) is 17.3 Å². The summed E-state index contributed by atoms with van der Waals surface area (Å²) in [5.74, 6) is -0.455. The summed E-state index contributed by atoms with van der Waals surface area (Å²) in [4.78, 5) is 16.0. The van der Waals surface area contributed by atoms with Gasteiger partial charge in [0, 0.05) is 11.9 Å². The van der Waals surface area contributed by atoms with Gasteiger partial charge in [0.2, 0.25) is 0 Å². The monoisotopic (exact) mass is 325 g/mol. The van der Waals surface area contributed by atoms with Crippen LogP contribution < -0.4 is 11.1 Å². The van der Waals surface area contributed by atoms with Crippen molar-refractivity contribution in [3.8, 4) is 0 Å². The van der Waals surface area contributed by atoms with E-state index in [1.807, 2.05) is 0 Å². The largest absolute Gasteiger partial charge is 0.397 e.